The molecule has 2 rings (SSSR count). The minimum Gasteiger partial charge on any atom is -0.467 e. The van der Waals surface area contributed by atoms with Crippen LogP contribution in [0.15, 0.2) is 36.7 Å². The summed E-state index contributed by atoms with van der Waals surface area (Å²) in [6.07, 6.45) is -7.35. The Hall–Kier alpha value is -3.05. The number of halogens is 6. The smallest absolute Gasteiger partial charge is 0.467 e. The van der Waals surface area contributed by atoms with Gasteiger partial charge in [0.1, 0.15) is 5.75 Å². The summed E-state index contributed by atoms with van der Waals surface area (Å²) < 4.78 is 81.1. The first-order valence-electron chi connectivity index (χ1n) is 7.61. The number of amides is 1. The van der Waals surface area contributed by atoms with Gasteiger partial charge in [-0.05, 0) is 25.1 Å². The highest BCUT2D eigenvalue weighted by Gasteiger charge is 2.31. The van der Waals surface area contributed by atoms with Crippen LogP contribution in [0.2, 0.25) is 0 Å². The number of ether oxygens (including phenoxy) is 2. The Kier molecular flexibility index (Phi) is 6.31. The molecule has 1 amide bonds. The van der Waals surface area contributed by atoms with Crippen molar-refractivity contribution in [1.29, 1.82) is 0 Å². The molecular formula is C16H13F6N3O3. The molecule has 0 aliphatic carbocycles. The van der Waals surface area contributed by atoms with Crippen molar-refractivity contribution in [2.45, 2.75) is 25.5 Å². The molecule has 6 nitrogen and oxygen atoms in total. The van der Waals surface area contributed by atoms with E-state index in [2.05, 4.69) is 24.8 Å². The third-order valence-electron chi connectivity index (χ3n) is 3.15. The number of benzene rings is 1. The molecular weight excluding hydrogens is 396 g/mol. The number of alkyl halides is 6. The Morgan fingerprint density at radius 1 is 1.14 bits per heavy atom. The lowest BCUT2D eigenvalue weighted by molar-refractivity contribution is -0.274. The number of rotatable bonds is 6. The number of carbonyl (C=O) groups excluding carboxylic acids is 1. The number of aromatic nitrogens is 2. The third kappa shape index (κ3) is 6.93. The number of nitrogens with one attached hydrogen (secondary N) is 1. The predicted octanol–water partition coefficient (Wildman–Crippen LogP) is 3.81. The molecule has 0 spiro atoms. The molecule has 0 fully saturated rings. The second kappa shape index (κ2) is 8.31. The molecule has 0 aliphatic rings. The molecule has 1 aromatic heterocycles. The van der Waals surface area contributed by atoms with Gasteiger partial charge in [-0.15, -0.1) is 13.2 Å². The summed E-state index contributed by atoms with van der Waals surface area (Å²) in [7, 11) is 0. The first-order chi connectivity index (χ1) is 12.9. The van der Waals surface area contributed by atoms with Crippen molar-refractivity contribution in [3.63, 3.8) is 0 Å². The highest BCUT2D eigenvalue weighted by Crippen LogP contribution is 2.23. The second-order valence-electron chi connectivity index (χ2n) is 5.45. The molecule has 1 aromatic carbocycles. The van der Waals surface area contributed by atoms with E-state index in [4.69, 9.17) is 0 Å². The minimum atomic E-state index is -4.89. The number of hydrogen-bond acceptors (Lipinski definition) is 5. The molecule has 1 N–H and O–H groups in total. The van der Waals surface area contributed by atoms with E-state index in [0.29, 0.717) is 0 Å². The van der Waals surface area contributed by atoms with Crippen molar-refractivity contribution in [2.75, 3.05) is 6.61 Å². The summed E-state index contributed by atoms with van der Waals surface area (Å²) >= 11 is 0. The van der Waals surface area contributed by atoms with Gasteiger partial charge in [-0.1, -0.05) is 6.07 Å². The molecule has 0 saturated carbocycles. The highest BCUT2D eigenvalue weighted by molar-refractivity contribution is 5.94. The highest BCUT2D eigenvalue weighted by atomic mass is 19.4. The van der Waals surface area contributed by atoms with Gasteiger partial charge >= 0.3 is 12.5 Å². The molecule has 1 heterocycles. The van der Waals surface area contributed by atoms with Crippen LogP contribution in [0.25, 0.3) is 0 Å². The van der Waals surface area contributed by atoms with Gasteiger partial charge in [-0.2, -0.15) is 13.2 Å². The van der Waals surface area contributed by atoms with E-state index >= 15 is 0 Å². The molecule has 0 unspecified atom stereocenters. The largest absolute Gasteiger partial charge is 0.573 e. The summed E-state index contributed by atoms with van der Waals surface area (Å²) in [4.78, 5) is 19.7. The predicted molar refractivity (Wildman–Crippen MR) is 82.6 cm³/mol. The first kappa shape index (κ1) is 21.3. The van der Waals surface area contributed by atoms with Gasteiger partial charge < -0.3 is 14.8 Å². The zero-order valence-electron chi connectivity index (χ0n) is 14.1. The van der Waals surface area contributed by atoms with Gasteiger partial charge in [0, 0.05) is 5.56 Å². The van der Waals surface area contributed by atoms with Crippen molar-refractivity contribution < 1.29 is 40.6 Å². The molecule has 0 radical (unpaired) electrons. The van der Waals surface area contributed by atoms with Crippen molar-refractivity contribution in [1.82, 2.24) is 15.3 Å². The standard InChI is InChI=1S/C16H13F6N3O3/c1-9(12-6-24-13(7-23-12)27-8-15(17,18)19)25-14(26)10-3-2-4-11(5-10)28-16(20,21)22/h2-7,9H,8H2,1H3,(H,25,26)/t9-/m1/s1. The fourth-order valence-electron chi connectivity index (χ4n) is 1.97. The molecule has 2 aromatic rings. The lowest BCUT2D eigenvalue weighted by atomic mass is 10.1. The Morgan fingerprint density at radius 2 is 1.86 bits per heavy atom. The van der Waals surface area contributed by atoms with Crippen molar-refractivity contribution in [3.8, 4) is 11.6 Å². The van der Waals surface area contributed by atoms with Crippen molar-refractivity contribution >= 4 is 5.91 Å². The van der Waals surface area contributed by atoms with Crippen LogP contribution in [-0.2, 0) is 0 Å². The number of nitrogens with zero attached hydrogens (tertiary/aromatic N) is 2. The molecule has 0 saturated heterocycles. The molecule has 0 bridgehead atoms. The number of carbonyl (C=O) groups is 1. The van der Waals surface area contributed by atoms with Crippen LogP contribution in [0.3, 0.4) is 0 Å². The third-order valence-corrected chi connectivity index (χ3v) is 3.15. The van der Waals surface area contributed by atoms with E-state index in [1.165, 1.54) is 19.1 Å². The Bertz CT molecular complexity index is 809. The van der Waals surface area contributed by atoms with E-state index in [-0.39, 0.29) is 17.1 Å². The van der Waals surface area contributed by atoms with Crippen molar-refractivity contribution in [3.05, 3.63) is 47.9 Å². The van der Waals surface area contributed by atoms with Crippen LogP contribution in [-0.4, -0.2) is 35.0 Å². The van der Waals surface area contributed by atoms with E-state index in [1.807, 2.05) is 0 Å². The fraction of sp³-hybridized carbons (Fsp3) is 0.312. The minimum absolute atomic E-state index is 0.0910. The monoisotopic (exact) mass is 409 g/mol. The average Bonchev–Trinajstić information content (AvgIpc) is 2.58. The van der Waals surface area contributed by atoms with Crippen molar-refractivity contribution in [2.24, 2.45) is 0 Å². The summed E-state index contributed by atoms with van der Waals surface area (Å²) in [6, 6.07) is 3.72. The van der Waals surface area contributed by atoms with Gasteiger partial charge in [0.2, 0.25) is 5.88 Å². The average molecular weight is 409 g/mol. The second-order valence-corrected chi connectivity index (χ2v) is 5.45. The van der Waals surface area contributed by atoms with Gasteiger partial charge in [0.15, 0.2) is 6.61 Å². The SMILES string of the molecule is C[C@@H](NC(=O)c1cccc(OC(F)(F)F)c1)c1cnc(OCC(F)(F)F)cn1. The van der Waals surface area contributed by atoms with Crippen LogP contribution in [0.1, 0.15) is 29.0 Å². The lowest BCUT2D eigenvalue weighted by Gasteiger charge is -2.15. The molecule has 0 aliphatic heterocycles. The normalized spacial score (nSPS) is 13.0. The number of hydrogen-bond donors (Lipinski definition) is 1. The van der Waals surface area contributed by atoms with E-state index in [0.717, 1.165) is 24.5 Å². The summed E-state index contributed by atoms with van der Waals surface area (Å²) in [5.74, 6) is -1.62. The molecule has 1 atom stereocenters. The molecule has 12 heteroatoms. The fourth-order valence-corrected chi connectivity index (χ4v) is 1.97. The van der Waals surface area contributed by atoms with Crippen LogP contribution in [0.5, 0.6) is 11.6 Å². The van der Waals surface area contributed by atoms with Crippen LogP contribution in [0.4, 0.5) is 26.3 Å². The lowest BCUT2D eigenvalue weighted by Crippen LogP contribution is -2.27. The maximum Gasteiger partial charge on any atom is 0.573 e. The molecule has 152 valence electrons. The Balaban J connectivity index is 1.99. The summed E-state index contributed by atoms with van der Waals surface area (Å²) in [6.45, 7) is -0.0160. The van der Waals surface area contributed by atoms with Crippen LogP contribution in [0, 0.1) is 0 Å². The quantitative estimate of drug-likeness (QED) is 0.735. The molecule has 28 heavy (non-hydrogen) atoms. The van der Waals surface area contributed by atoms with E-state index in [1.54, 1.807) is 0 Å². The van der Waals surface area contributed by atoms with Gasteiger partial charge in [0.05, 0.1) is 24.1 Å². The maximum atomic E-state index is 12.2. The maximum absolute atomic E-state index is 12.2. The Labute approximate surface area is 154 Å². The van der Waals surface area contributed by atoms with Crippen LogP contribution >= 0.6 is 0 Å². The van der Waals surface area contributed by atoms with E-state index in [9.17, 15) is 31.1 Å². The summed E-state index contributed by atoms with van der Waals surface area (Å²) in [5, 5.41) is 2.48. The topological polar surface area (TPSA) is 73.3 Å². The van der Waals surface area contributed by atoms with Crippen LogP contribution < -0.4 is 14.8 Å². The Morgan fingerprint density at radius 3 is 2.43 bits per heavy atom. The van der Waals surface area contributed by atoms with Gasteiger partial charge in [-0.3, -0.25) is 9.78 Å². The van der Waals surface area contributed by atoms with Gasteiger partial charge in [-0.25, -0.2) is 4.98 Å². The summed E-state index contributed by atoms with van der Waals surface area (Å²) in [5.41, 5.74) is 0.113. The van der Waals surface area contributed by atoms with E-state index < -0.39 is 36.8 Å². The van der Waals surface area contributed by atoms with Gasteiger partial charge in [0.25, 0.3) is 5.91 Å². The first-order valence-corrected chi connectivity index (χ1v) is 7.61. The zero-order chi connectivity index (χ0) is 20.9. The zero-order valence-corrected chi connectivity index (χ0v) is 14.1.